The highest BCUT2D eigenvalue weighted by Gasteiger charge is 2.15. The fourth-order valence-electron chi connectivity index (χ4n) is 2.13. The van der Waals surface area contributed by atoms with Crippen LogP contribution in [0, 0.1) is 0 Å². The van der Waals surface area contributed by atoms with E-state index in [4.69, 9.17) is 9.47 Å². The maximum atomic E-state index is 5.82. The van der Waals surface area contributed by atoms with Gasteiger partial charge in [0.2, 0.25) is 0 Å². The van der Waals surface area contributed by atoms with Gasteiger partial charge in [-0.2, -0.15) is 0 Å². The molecule has 4 heteroatoms. The van der Waals surface area contributed by atoms with Crippen molar-refractivity contribution in [3.63, 3.8) is 0 Å². The molecule has 2 aromatic rings. The largest absolute Gasteiger partial charge is 0.491 e. The molecular weight excluding hydrogens is 270 g/mol. The molecule has 0 aliphatic rings. The number of thiophene rings is 1. The molecule has 0 aliphatic carbocycles. The van der Waals surface area contributed by atoms with Crippen molar-refractivity contribution in [2.45, 2.75) is 12.5 Å². The summed E-state index contributed by atoms with van der Waals surface area (Å²) in [7, 11) is 3.67. The van der Waals surface area contributed by atoms with E-state index >= 15 is 0 Å². The molecule has 20 heavy (non-hydrogen) atoms. The third-order valence-corrected chi connectivity index (χ3v) is 4.07. The quantitative estimate of drug-likeness (QED) is 0.757. The van der Waals surface area contributed by atoms with Crippen LogP contribution < -0.4 is 10.1 Å². The first kappa shape index (κ1) is 15.0. The van der Waals surface area contributed by atoms with Gasteiger partial charge in [0, 0.05) is 30.0 Å². The fraction of sp³-hybridized carbons (Fsp3) is 0.375. The van der Waals surface area contributed by atoms with Gasteiger partial charge in [0.05, 0.1) is 6.61 Å². The summed E-state index contributed by atoms with van der Waals surface area (Å²) in [5, 5.41) is 5.50. The fourth-order valence-corrected chi connectivity index (χ4v) is 2.88. The molecule has 1 heterocycles. The number of para-hydroxylation sites is 1. The number of hydrogen-bond donors (Lipinski definition) is 1. The monoisotopic (exact) mass is 291 g/mol. The second-order valence-corrected chi connectivity index (χ2v) is 5.54. The number of methoxy groups -OCH3 is 1. The summed E-state index contributed by atoms with van der Waals surface area (Å²) in [5.74, 6) is 0.931. The van der Waals surface area contributed by atoms with Crippen molar-refractivity contribution in [3.05, 3.63) is 52.2 Å². The molecule has 0 saturated carbocycles. The van der Waals surface area contributed by atoms with Crippen LogP contribution in [0.1, 0.15) is 16.5 Å². The van der Waals surface area contributed by atoms with E-state index in [0.29, 0.717) is 13.2 Å². The van der Waals surface area contributed by atoms with Gasteiger partial charge in [-0.3, -0.25) is 0 Å². The molecule has 0 radical (unpaired) electrons. The second kappa shape index (κ2) is 8.04. The van der Waals surface area contributed by atoms with Crippen LogP contribution in [0.3, 0.4) is 0 Å². The van der Waals surface area contributed by atoms with Crippen LogP contribution in [0.4, 0.5) is 0 Å². The third-order valence-electron chi connectivity index (χ3n) is 3.17. The van der Waals surface area contributed by atoms with E-state index in [0.717, 1.165) is 12.2 Å². The summed E-state index contributed by atoms with van der Waals surface area (Å²) in [6.45, 7) is 1.17. The minimum absolute atomic E-state index is 0.257. The molecule has 108 valence electrons. The van der Waals surface area contributed by atoms with E-state index in [-0.39, 0.29) is 6.04 Å². The molecule has 2 rings (SSSR count). The van der Waals surface area contributed by atoms with Crippen molar-refractivity contribution >= 4 is 11.3 Å². The van der Waals surface area contributed by atoms with Crippen molar-refractivity contribution in [1.82, 2.24) is 5.32 Å². The predicted octanol–water partition coefficient (Wildman–Crippen LogP) is 3.28. The van der Waals surface area contributed by atoms with Gasteiger partial charge in [0.1, 0.15) is 12.4 Å². The highest BCUT2D eigenvalue weighted by atomic mass is 32.1. The lowest BCUT2D eigenvalue weighted by molar-refractivity contribution is 0.145. The zero-order valence-corrected chi connectivity index (χ0v) is 12.8. The van der Waals surface area contributed by atoms with E-state index in [1.165, 1.54) is 10.4 Å². The van der Waals surface area contributed by atoms with Crippen LogP contribution in [0.5, 0.6) is 5.75 Å². The Morgan fingerprint density at radius 2 is 2.00 bits per heavy atom. The van der Waals surface area contributed by atoms with Gasteiger partial charge in [-0.1, -0.05) is 24.3 Å². The van der Waals surface area contributed by atoms with Gasteiger partial charge in [-0.15, -0.1) is 11.3 Å². The van der Waals surface area contributed by atoms with Gasteiger partial charge in [-0.25, -0.2) is 0 Å². The number of nitrogens with one attached hydrogen (secondary N) is 1. The van der Waals surface area contributed by atoms with Crippen LogP contribution in [0.15, 0.2) is 41.8 Å². The first-order valence-corrected chi connectivity index (χ1v) is 7.63. The summed E-state index contributed by atoms with van der Waals surface area (Å²) in [4.78, 5) is 1.37. The zero-order chi connectivity index (χ0) is 14.2. The molecule has 0 bridgehead atoms. The molecule has 1 unspecified atom stereocenters. The van der Waals surface area contributed by atoms with Crippen molar-refractivity contribution in [1.29, 1.82) is 0 Å². The molecule has 0 spiro atoms. The highest BCUT2D eigenvalue weighted by Crippen LogP contribution is 2.28. The minimum Gasteiger partial charge on any atom is -0.491 e. The van der Waals surface area contributed by atoms with E-state index in [2.05, 4.69) is 35.0 Å². The number of rotatable bonds is 8. The SMILES string of the molecule is CNC(Cc1cccs1)c1ccccc1OCCOC. The Morgan fingerprint density at radius 3 is 2.70 bits per heavy atom. The molecule has 0 amide bonds. The molecule has 3 nitrogen and oxygen atoms in total. The summed E-state index contributed by atoms with van der Waals surface area (Å²) in [6.07, 6.45) is 0.971. The normalized spacial score (nSPS) is 12.3. The molecule has 0 fully saturated rings. The predicted molar refractivity (Wildman–Crippen MR) is 83.6 cm³/mol. The number of ether oxygens (including phenoxy) is 2. The summed E-state index contributed by atoms with van der Waals surface area (Å²) >= 11 is 1.79. The summed E-state index contributed by atoms with van der Waals surface area (Å²) in [6, 6.07) is 12.7. The first-order valence-electron chi connectivity index (χ1n) is 6.75. The molecule has 1 aromatic carbocycles. The molecule has 1 N–H and O–H groups in total. The first-order chi connectivity index (χ1) is 9.85. The molecule has 0 saturated heterocycles. The molecular formula is C16H21NO2S. The standard InChI is InChI=1S/C16H21NO2S/c1-17-15(12-13-6-5-11-20-13)14-7-3-4-8-16(14)19-10-9-18-2/h3-8,11,15,17H,9-10,12H2,1-2H3. The maximum Gasteiger partial charge on any atom is 0.124 e. The van der Waals surface area contributed by atoms with Crippen molar-refractivity contribution in [2.75, 3.05) is 27.4 Å². The van der Waals surface area contributed by atoms with Gasteiger partial charge >= 0.3 is 0 Å². The Labute approximate surface area is 124 Å². The van der Waals surface area contributed by atoms with Crippen LogP contribution >= 0.6 is 11.3 Å². The van der Waals surface area contributed by atoms with Gasteiger partial charge in [-0.05, 0) is 24.6 Å². The number of likely N-dealkylation sites (N-methyl/N-ethyl adjacent to an activating group) is 1. The van der Waals surface area contributed by atoms with Gasteiger partial charge in [0.25, 0.3) is 0 Å². The van der Waals surface area contributed by atoms with Crippen LogP contribution in [-0.2, 0) is 11.2 Å². The van der Waals surface area contributed by atoms with Gasteiger partial charge < -0.3 is 14.8 Å². The van der Waals surface area contributed by atoms with Crippen LogP contribution in [0.25, 0.3) is 0 Å². The van der Waals surface area contributed by atoms with Crippen molar-refractivity contribution < 1.29 is 9.47 Å². The Kier molecular flexibility index (Phi) is 6.05. The molecule has 0 aliphatic heterocycles. The second-order valence-electron chi connectivity index (χ2n) is 4.50. The van der Waals surface area contributed by atoms with Crippen LogP contribution in [0.2, 0.25) is 0 Å². The van der Waals surface area contributed by atoms with E-state index in [1.807, 2.05) is 19.2 Å². The van der Waals surface area contributed by atoms with E-state index in [1.54, 1.807) is 18.4 Å². The smallest absolute Gasteiger partial charge is 0.124 e. The van der Waals surface area contributed by atoms with Crippen molar-refractivity contribution in [2.24, 2.45) is 0 Å². The minimum atomic E-state index is 0.257. The third kappa shape index (κ3) is 4.07. The van der Waals surface area contributed by atoms with Crippen LogP contribution in [-0.4, -0.2) is 27.4 Å². The molecule has 1 aromatic heterocycles. The summed E-state index contributed by atoms with van der Waals surface area (Å²) in [5.41, 5.74) is 1.19. The number of hydrogen-bond acceptors (Lipinski definition) is 4. The topological polar surface area (TPSA) is 30.5 Å². The lowest BCUT2D eigenvalue weighted by Crippen LogP contribution is -2.19. The average Bonchev–Trinajstić information content (AvgIpc) is 2.99. The molecule has 1 atom stereocenters. The van der Waals surface area contributed by atoms with E-state index < -0.39 is 0 Å². The highest BCUT2D eigenvalue weighted by molar-refractivity contribution is 7.09. The maximum absolute atomic E-state index is 5.82. The number of benzene rings is 1. The Bertz CT molecular complexity index is 499. The Balaban J connectivity index is 2.11. The van der Waals surface area contributed by atoms with E-state index in [9.17, 15) is 0 Å². The Morgan fingerprint density at radius 1 is 1.15 bits per heavy atom. The lowest BCUT2D eigenvalue weighted by Gasteiger charge is -2.19. The van der Waals surface area contributed by atoms with Crippen molar-refractivity contribution in [3.8, 4) is 5.75 Å². The average molecular weight is 291 g/mol. The van der Waals surface area contributed by atoms with Gasteiger partial charge in [0.15, 0.2) is 0 Å². The summed E-state index contributed by atoms with van der Waals surface area (Å²) < 4.78 is 10.9. The lowest BCUT2D eigenvalue weighted by atomic mass is 10.0. The zero-order valence-electron chi connectivity index (χ0n) is 12.0. The Hall–Kier alpha value is -1.36.